The van der Waals surface area contributed by atoms with E-state index in [1.165, 1.54) is 12.3 Å². The Morgan fingerprint density at radius 3 is 2.70 bits per heavy atom. The predicted octanol–water partition coefficient (Wildman–Crippen LogP) is 1.81. The summed E-state index contributed by atoms with van der Waals surface area (Å²) in [6, 6.07) is 0.116. The van der Waals surface area contributed by atoms with Crippen LogP contribution in [0.2, 0.25) is 0 Å². The lowest BCUT2D eigenvalue weighted by Crippen LogP contribution is -2.39. The molecule has 0 aliphatic carbocycles. The van der Waals surface area contributed by atoms with Crippen molar-refractivity contribution in [3.8, 4) is 0 Å². The normalized spacial score (nSPS) is 15.8. The van der Waals surface area contributed by atoms with Crippen molar-refractivity contribution < 1.29 is 18.0 Å². The Balaban J connectivity index is 0.00000264. The molecule has 1 aromatic rings. The Hall–Kier alpha value is -1.61. The number of nitrogens with zero attached hydrogens (tertiary/aromatic N) is 4. The average Bonchev–Trinajstić information content (AvgIpc) is 2.95. The van der Waals surface area contributed by atoms with Gasteiger partial charge >= 0.3 is 6.18 Å². The molecule has 2 heterocycles. The van der Waals surface area contributed by atoms with Crippen molar-refractivity contribution in [1.29, 1.82) is 0 Å². The number of rotatable bonds is 5. The highest BCUT2D eigenvalue weighted by Gasteiger charge is 2.33. The van der Waals surface area contributed by atoms with Gasteiger partial charge in [-0.2, -0.15) is 13.2 Å². The lowest BCUT2D eigenvalue weighted by Gasteiger charge is -2.22. The Morgan fingerprint density at radius 2 is 2.13 bits per heavy atom. The third kappa shape index (κ3) is 5.51. The van der Waals surface area contributed by atoms with E-state index in [-0.39, 0.29) is 30.7 Å². The van der Waals surface area contributed by atoms with E-state index in [0.717, 1.165) is 25.9 Å². The first-order valence-electron chi connectivity index (χ1n) is 7.00. The smallest absolute Gasteiger partial charge is 0.324 e. The van der Waals surface area contributed by atoms with E-state index in [4.69, 9.17) is 0 Å². The zero-order chi connectivity index (χ0) is 16.2. The minimum Gasteiger partial charge on any atom is -0.324 e. The second-order valence-electron chi connectivity index (χ2n) is 5.15. The van der Waals surface area contributed by atoms with Crippen LogP contribution in [-0.4, -0.2) is 58.2 Å². The lowest BCUT2D eigenvalue weighted by atomic mass is 10.1. The topological polar surface area (TPSA) is 63.1 Å². The molecule has 1 saturated heterocycles. The van der Waals surface area contributed by atoms with E-state index < -0.39 is 18.6 Å². The molecule has 1 aromatic heterocycles. The van der Waals surface area contributed by atoms with Crippen LogP contribution in [0.4, 0.5) is 13.2 Å². The van der Waals surface area contributed by atoms with Crippen LogP contribution in [0.3, 0.4) is 0 Å². The monoisotopic (exact) mass is 353 g/mol. The molecule has 10 heteroatoms. The van der Waals surface area contributed by atoms with Crippen molar-refractivity contribution in [1.82, 2.24) is 25.2 Å². The van der Waals surface area contributed by atoms with Crippen molar-refractivity contribution in [2.24, 2.45) is 0 Å². The maximum Gasteiger partial charge on any atom is 0.406 e. The van der Waals surface area contributed by atoms with Crippen molar-refractivity contribution in [3.63, 3.8) is 0 Å². The molecule has 0 radical (unpaired) electrons. The number of nitrogens with one attached hydrogen (secondary N) is 1. The molecule has 1 aliphatic rings. The number of halogens is 4. The van der Waals surface area contributed by atoms with E-state index >= 15 is 0 Å². The van der Waals surface area contributed by atoms with Gasteiger partial charge in [0.2, 0.25) is 0 Å². The largest absolute Gasteiger partial charge is 0.406 e. The van der Waals surface area contributed by atoms with Gasteiger partial charge in [-0.25, -0.2) is 4.68 Å². The molecule has 0 spiro atoms. The maximum atomic E-state index is 12.5. The van der Waals surface area contributed by atoms with E-state index in [9.17, 15) is 18.0 Å². The fraction of sp³-hybridized carbons (Fsp3) is 0.615. The number of carbonyl (C=O) groups is 1. The van der Waals surface area contributed by atoms with Crippen LogP contribution in [0, 0.1) is 0 Å². The Morgan fingerprint density at radius 1 is 1.48 bits per heavy atom. The highest BCUT2D eigenvalue weighted by Crippen LogP contribution is 2.19. The molecule has 0 unspecified atom stereocenters. The van der Waals surface area contributed by atoms with E-state index in [1.807, 2.05) is 0 Å². The third-order valence-electron chi connectivity index (χ3n) is 3.42. The first-order chi connectivity index (χ1) is 10.4. The second-order valence-corrected chi connectivity index (χ2v) is 5.15. The SMILES string of the molecule is C=CCN(CC(F)(F)F)C(=O)c1cn(C2CCNCC2)nn1.Cl. The first kappa shape index (κ1) is 19.4. The average molecular weight is 354 g/mol. The van der Waals surface area contributed by atoms with Crippen LogP contribution in [0.25, 0.3) is 0 Å². The van der Waals surface area contributed by atoms with Crippen LogP contribution >= 0.6 is 12.4 Å². The summed E-state index contributed by atoms with van der Waals surface area (Å²) in [5, 5.41) is 10.8. The minimum absolute atomic E-state index is 0. The number of amides is 1. The van der Waals surface area contributed by atoms with Crippen LogP contribution in [0.15, 0.2) is 18.9 Å². The van der Waals surface area contributed by atoms with Gasteiger partial charge in [0.15, 0.2) is 5.69 Å². The van der Waals surface area contributed by atoms with Gasteiger partial charge in [0.05, 0.1) is 12.2 Å². The van der Waals surface area contributed by atoms with Crippen molar-refractivity contribution >= 4 is 18.3 Å². The number of aromatic nitrogens is 3. The summed E-state index contributed by atoms with van der Waals surface area (Å²) < 4.78 is 39.1. The molecule has 130 valence electrons. The van der Waals surface area contributed by atoms with Crippen molar-refractivity contribution in [3.05, 3.63) is 24.5 Å². The third-order valence-corrected chi connectivity index (χ3v) is 3.42. The van der Waals surface area contributed by atoms with Crippen LogP contribution < -0.4 is 5.32 Å². The van der Waals surface area contributed by atoms with Gasteiger partial charge in [-0.3, -0.25) is 4.79 Å². The Bertz CT molecular complexity index is 528. The summed E-state index contributed by atoms with van der Waals surface area (Å²) in [5.41, 5.74) is -0.0790. The summed E-state index contributed by atoms with van der Waals surface area (Å²) >= 11 is 0. The van der Waals surface area contributed by atoms with E-state index in [1.54, 1.807) is 4.68 Å². The summed E-state index contributed by atoms with van der Waals surface area (Å²) in [7, 11) is 0. The van der Waals surface area contributed by atoms with Crippen LogP contribution in [-0.2, 0) is 0 Å². The molecule has 1 N–H and O–H groups in total. The fourth-order valence-corrected chi connectivity index (χ4v) is 2.38. The molecule has 1 aliphatic heterocycles. The number of hydrogen-bond donors (Lipinski definition) is 1. The molecule has 0 saturated carbocycles. The number of hydrogen-bond acceptors (Lipinski definition) is 4. The van der Waals surface area contributed by atoms with Gasteiger partial charge in [-0.1, -0.05) is 11.3 Å². The molecule has 6 nitrogen and oxygen atoms in total. The highest BCUT2D eigenvalue weighted by atomic mass is 35.5. The molecular weight excluding hydrogens is 335 g/mol. The van der Waals surface area contributed by atoms with E-state index in [0.29, 0.717) is 4.90 Å². The number of piperidine rings is 1. The molecule has 2 rings (SSSR count). The Kier molecular flexibility index (Phi) is 7.01. The summed E-state index contributed by atoms with van der Waals surface area (Å²) in [6.07, 6.45) is -0.110. The first-order valence-corrected chi connectivity index (χ1v) is 7.00. The molecular formula is C13H19ClF3N5O. The number of carbonyl (C=O) groups excluding carboxylic acids is 1. The van der Waals surface area contributed by atoms with Crippen LogP contribution in [0.5, 0.6) is 0 Å². The number of alkyl halides is 3. The molecule has 0 atom stereocenters. The summed E-state index contributed by atoms with van der Waals surface area (Å²) in [6.45, 7) is 3.52. The lowest BCUT2D eigenvalue weighted by molar-refractivity contribution is -0.139. The van der Waals surface area contributed by atoms with Gasteiger partial charge in [0.1, 0.15) is 6.54 Å². The molecule has 1 fully saturated rings. The quantitative estimate of drug-likeness (QED) is 0.820. The summed E-state index contributed by atoms with van der Waals surface area (Å²) in [5.74, 6) is -0.794. The van der Waals surface area contributed by atoms with Gasteiger partial charge in [0.25, 0.3) is 5.91 Å². The molecule has 0 aromatic carbocycles. The Labute approximate surface area is 138 Å². The van der Waals surface area contributed by atoms with Gasteiger partial charge < -0.3 is 10.2 Å². The highest BCUT2D eigenvalue weighted by molar-refractivity contribution is 5.92. The van der Waals surface area contributed by atoms with E-state index in [2.05, 4.69) is 22.2 Å². The van der Waals surface area contributed by atoms with Crippen LogP contribution in [0.1, 0.15) is 29.4 Å². The zero-order valence-electron chi connectivity index (χ0n) is 12.4. The maximum absolute atomic E-state index is 12.5. The van der Waals surface area contributed by atoms with Gasteiger partial charge in [0, 0.05) is 6.54 Å². The molecule has 0 bridgehead atoms. The van der Waals surface area contributed by atoms with Gasteiger partial charge in [-0.15, -0.1) is 24.1 Å². The van der Waals surface area contributed by atoms with Crippen molar-refractivity contribution in [2.75, 3.05) is 26.2 Å². The standard InChI is InChI=1S/C13H18F3N5O.ClH/c1-2-7-20(9-13(14,15)16)12(22)11-8-21(19-18-11)10-3-5-17-6-4-10;/h2,8,10,17H,1,3-7,9H2;1H. The predicted molar refractivity (Wildman–Crippen MR) is 80.6 cm³/mol. The molecule has 1 amide bonds. The second kappa shape index (κ2) is 8.30. The minimum atomic E-state index is -4.47. The van der Waals surface area contributed by atoms with Gasteiger partial charge in [-0.05, 0) is 25.9 Å². The fourth-order valence-electron chi connectivity index (χ4n) is 2.38. The molecule has 23 heavy (non-hydrogen) atoms. The van der Waals surface area contributed by atoms with Crippen molar-refractivity contribution in [2.45, 2.75) is 25.1 Å². The summed E-state index contributed by atoms with van der Waals surface area (Å²) in [4.78, 5) is 12.8. The zero-order valence-corrected chi connectivity index (χ0v) is 13.2.